The minimum atomic E-state index is -0.904. The summed E-state index contributed by atoms with van der Waals surface area (Å²) in [6, 6.07) is 9.14. The van der Waals surface area contributed by atoms with Gasteiger partial charge in [-0.15, -0.1) is 0 Å². The first-order chi connectivity index (χ1) is 16.0. The number of fused-ring (bicyclic) bond motifs is 1. The predicted octanol–water partition coefficient (Wildman–Crippen LogP) is 2.54. The average Bonchev–Trinajstić information content (AvgIpc) is 3.10. The van der Waals surface area contributed by atoms with Crippen molar-refractivity contribution in [2.45, 2.75) is 6.04 Å². The number of amides is 1. The zero-order valence-corrected chi connectivity index (χ0v) is 18.6. The third kappa shape index (κ3) is 3.95. The van der Waals surface area contributed by atoms with E-state index < -0.39 is 17.7 Å². The van der Waals surface area contributed by atoms with Crippen molar-refractivity contribution in [1.29, 1.82) is 0 Å². The highest BCUT2D eigenvalue weighted by molar-refractivity contribution is 6.46. The molecule has 1 N–H and O–H groups in total. The van der Waals surface area contributed by atoms with Gasteiger partial charge in [-0.2, -0.15) is 0 Å². The van der Waals surface area contributed by atoms with Gasteiger partial charge in [-0.25, -0.2) is 0 Å². The van der Waals surface area contributed by atoms with E-state index in [1.807, 2.05) is 0 Å². The number of ether oxygens (including phenoxy) is 5. The Morgan fingerprint density at radius 2 is 1.82 bits per heavy atom. The van der Waals surface area contributed by atoms with Gasteiger partial charge in [0.15, 0.2) is 23.0 Å². The minimum Gasteiger partial charge on any atom is -0.507 e. The quantitative estimate of drug-likeness (QED) is 0.386. The predicted molar refractivity (Wildman–Crippen MR) is 118 cm³/mol. The summed E-state index contributed by atoms with van der Waals surface area (Å²) in [4.78, 5) is 27.5. The van der Waals surface area contributed by atoms with E-state index in [0.717, 1.165) is 0 Å². The van der Waals surface area contributed by atoms with Crippen molar-refractivity contribution in [3.8, 4) is 23.0 Å². The summed E-state index contributed by atoms with van der Waals surface area (Å²) in [7, 11) is 4.48. The van der Waals surface area contributed by atoms with Crippen molar-refractivity contribution in [2.75, 3.05) is 47.7 Å². The van der Waals surface area contributed by atoms with Crippen molar-refractivity contribution in [3.05, 3.63) is 53.1 Å². The molecule has 2 aliphatic rings. The molecule has 2 aliphatic heterocycles. The van der Waals surface area contributed by atoms with Crippen LogP contribution >= 0.6 is 0 Å². The van der Waals surface area contributed by atoms with Gasteiger partial charge in [-0.1, -0.05) is 12.1 Å². The number of ketones is 1. The van der Waals surface area contributed by atoms with Gasteiger partial charge in [-0.05, 0) is 24.3 Å². The van der Waals surface area contributed by atoms with Crippen LogP contribution in [0.25, 0.3) is 5.76 Å². The van der Waals surface area contributed by atoms with Gasteiger partial charge in [0, 0.05) is 24.8 Å². The molecular formula is C24H25NO8. The number of hydrogen-bond donors (Lipinski definition) is 1. The Bertz CT molecular complexity index is 1110. The van der Waals surface area contributed by atoms with Crippen LogP contribution in [0.4, 0.5) is 0 Å². The van der Waals surface area contributed by atoms with E-state index in [9.17, 15) is 14.7 Å². The Labute approximate surface area is 191 Å². The summed E-state index contributed by atoms with van der Waals surface area (Å²) in [5.74, 6) is -0.0534. The van der Waals surface area contributed by atoms with Gasteiger partial charge in [0.05, 0.1) is 32.4 Å². The second-order valence-electron chi connectivity index (χ2n) is 7.43. The van der Waals surface area contributed by atoms with Gasteiger partial charge in [-0.3, -0.25) is 9.59 Å². The molecule has 9 nitrogen and oxygen atoms in total. The summed E-state index contributed by atoms with van der Waals surface area (Å²) in [5, 5.41) is 11.3. The van der Waals surface area contributed by atoms with E-state index in [2.05, 4.69) is 0 Å². The minimum absolute atomic E-state index is 0.0562. The fourth-order valence-corrected chi connectivity index (χ4v) is 4.10. The Balaban J connectivity index is 1.90. The zero-order chi connectivity index (χ0) is 23.5. The third-order valence-electron chi connectivity index (χ3n) is 5.62. The van der Waals surface area contributed by atoms with Crippen LogP contribution in [0.5, 0.6) is 23.0 Å². The van der Waals surface area contributed by atoms with Crippen molar-refractivity contribution in [1.82, 2.24) is 4.90 Å². The van der Waals surface area contributed by atoms with Crippen LogP contribution in [0.1, 0.15) is 17.2 Å². The van der Waals surface area contributed by atoms with Gasteiger partial charge in [0.25, 0.3) is 11.7 Å². The lowest BCUT2D eigenvalue weighted by Crippen LogP contribution is -2.32. The summed E-state index contributed by atoms with van der Waals surface area (Å²) >= 11 is 0. The van der Waals surface area contributed by atoms with Crippen LogP contribution in [0.3, 0.4) is 0 Å². The summed E-state index contributed by atoms with van der Waals surface area (Å²) in [6.45, 7) is 1.15. The largest absolute Gasteiger partial charge is 0.507 e. The number of likely N-dealkylation sites (tertiary alicyclic amines) is 1. The Hall–Kier alpha value is -3.72. The molecule has 2 aromatic rings. The molecule has 1 fully saturated rings. The number of methoxy groups -OCH3 is 3. The van der Waals surface area contributed by atoms with Crippen molar-refractivity contribution in [2.24, 2.45) is 0 Å². The van der Waals surface area contributed by atoms with E-state index >= 15 is 0 Å². The molecule has 4 rings (SSSR count). The third-order valence-corrected chi connectivity index (χ3v) is 5.62. The van der Waals surface area contributed by atoms with Gasteiger partial charge < -0.3 is 33.7 Å². The fraction of sp³-hybridized carbons (Fsp3) is 0.333. The molecule has 0 spiro atoms. The molecule has 1 unspecified atom stereocenters. The van der Waals surface area contributed by atoms with Crippen LogP contribution < -0.4 is 18.9 Å². The molecule has 174 valence electrons. The maximum atomic E-state index is 13.1. The molecule has 0 bridgehead atoms. The summed E-state index contributed by atoms with van der Waals surface area (Å²) < 4.78 is 27.2. The van der Waals surface area contributed by atoms with E-state index in [0.29, 0.717) is 47.3 Å². The lowest BCUT2D eigenvalue weighted by molar-refractivity contribution is -0.140. The number of Topliss-reactive ketones (excluding diaryl/α,β-unsaturated/α-hetero) is 1. The highest BCUT2D eigenvalue weighted by atomic mass is 16.6. The van der Waals surface area contributed by atoms with Crippen molar-refractivity contribution < 1.29 is 38.4 Å². The maximum absolute atomic E-state index is 13.1. The van der Waals surface area contributed by atoms with Crippen molar-refractivity contribution >= 4 is 17.4 Å². The molecule has 2 heterocycles. The average molecular weight is 455 g/mol. The van der Waals surface area contributed by atoms with Crippen LogP contribution in [0.15, 0.2) is 42.0 Å². The topological polar surface area (TPSA) is 104 Å². The van der Waals surface area contributed by atoms with Crippen LogP contribution in [0.2, 0.25) is 0 Å². The van der Waals surface area contributed by atoms with E-state index in [1.54, 1.807) is 36.4 Å². The molecule has 9 heteroatoms. The summed E-state index contributed by atoms with van der Waals surface area (Å²) in [6.07, 6.45) is 0. The molecule has 0 aromatic heterocycles. The smallest absolute Gasteiger partial charge is 0.295 e. The lowest BCUT2D eigenvalue weighted by Gasteiger charge is -2.27. The Morgan fingerprint density at radius 3 is 2.52 bits per heavy atom. The number of benzene rings is 2. The lowest BCUT2D eigenvalue weighted by atomic mass is 9.94. The van der Waals surface area contributed by atoms with Gasteiger partial charge in [0.2, 0.25) is 0 Å². The first-order valence-corrected chi connectivity index (χ1v) is 10.4. The standard InChI is InChI=1S/C24H25NO8/c1-29-10-9-25-20(15-5-4-6-17(30-2)23(15)31-3)19(22(27)24(25)28)21(26)14-7-8-16-18(13-14)33-12-11-32-16/h4-8,13,20,26H,9-12H2,1-3H3. The number of nitrogens with zero attached hydrogens (tertiary/aromatic N) is 1. The monoisotopic (exact) mass is 455 g/mol. The number of rotatable bonds is 7. The number of hydrogen-bond acceptors (Lipinski definition) is 8. The van der Waals surface area contributed by atoms with E-state index in [1.165, 1.54) is 26.2 Å². The molecule has 1 saturated heterocycles. The number of para-hydroxylation sites is 1. The molecule has 0 radical (unpaired) electrons. The van der Waals surface area contributed by atoms with Crippen molar-refractivity contribution in [3.63, 3.8) is 0 Å². The van der Waals surface area contributed by atoms with E-state index in [-0.39, 0.29) is 24.5 Å². The van der Waals surface area contributed by atoms with Crippen LogP contribution in [-0.4, -0.2) is 69.4 Å². The molecule has 1 atom stereocenters. The molecular weight excluding hydrogens is 430 g/mol. The molecule has 33 heavy (non-hydrogen) atoms. The van der Waals surface area contributed by atoms with E-state index in [4.69, 9.17) is 23.7 Å². The highest BCUT2D eigenvalue weighted by Gasteiger charge is 2.47. The Kier molecular flexibility index (Phi) is 6.41. The van der Waals surface area contributed by atoms with Crippen LogP contribution in [0, 0.1) is 0 Å². The first kappa shape index (κ1) is 22.5. The second kappa shape index (κ2) is 9.41. The molecule has 0 aliphatic carbocycles. The summed E-state index contributed by atoms with van der Waals surface area (Å²) in [5.41, 5.74) is 0.779. The molecule has 2 aromatic carbocycles. The SMILES string of the molecule is COCCN1C(=O)C(=O)C(=C(O)c2ccc3c(c2)OCCO3)C1c1cccc(OC)c1OC. The molecule has 1 amide bonds. The van der Waals surface area contributed by atoms with Gasteiger partial charge >= 0.3 is 0 Å². The highest BCUT2D eigenvalue weighted by Crippen LogP contribution is 2.46. The fourth-order valence-electron chi connectivity index (χ4n) is 4.10. The first-order valence-electron chi connectivity index (χ1n) is 10.4. The number of carbonyl (C=O) groups excluding carboxylic acids is 2. The Morgan fingerprint density at radius 1 is 1.06 bits per heavy atom. The second-order valence-corrected chi connectivity index (χ2v) is 7.43. The maximum Gasteiger partial charge on any atom is 0.295 e. The van der Waals surface area contributed by atoms with Crippen LogP contribution in [-0.2, 0) is 14.3 Å². The number of carbonyl (C=O) groups is 2. The number of aliphatic hydroxyl groups is 1. The zero-order valence-electron chi connectivity index (χ0n) is 18.6. The van der Waals surface area contributed by atoms with Gasteiger partial charge in [0.1, 0.15) is 19.0 Å². The number of aliphatic hydroxyl groups excluding tert-OH is 1. The molecule has 0 saturated carbocycles. The normalized spacial score (nSPS) is 19.0.